The molecule has 2 N–H and O–H groups in total. The van der Waals surface area contributed by atoms with Crippen LogP contribution in [-0.4, -0.2) is 31.0 Å². The van der Waals surface area contributed by atoms with Gasteiger partial charge in [-0.25, -0.2) is 0 Å². The highest BCUT2D eigenvalue weighted by atomic mass is 16.5. The van der Waals surface area contributed by atoms with Gasteiger partial charge in [0.2, 0.25) is 0 Å². The molecule has 0 aliphatic heterocycles. The molecule has 0 saturated carbocycles. The van der Waals surface area contributed by atoms with E-state index in [0.717, 1.165) is 6.54 Å². The van der Waals surface area contributed by atoms with Crippen LogP contribution in [0.4, 0.5) is 0 Å². The molecule has 15 heavy (non-hydrogen) atoms. The number of benzene rings is 1. The third kappa shape index (κ3) is 5.52. The first-order valence-corrected chi connectivity index (χ1v) is 5.33. The first kappa shape index (κ1) is 12.2. The van der Waals surface area contributed by atoms with E-state index in [-0.39, 0.29) is 0 Å². The molecule has 0 amide bonds. The average Bonchev–Trinajstić information content (AvgIpc) is 2.28. The Hall–Kier alpha value is -0.900. The number of aliphatic hydroxyl groups is 1. The summed E-state index contributed by atoms with van der Waals surface area (Å²) in [5.41, 5.74) is 1.22. The Morgan fingerprint density at radius 1 is 1.33 bits per heavy atom. The summed E-state index contributed by atoms with van der Waals surface area (Å²) in [6.07, 6.45) is -0.423. The second-order valence-electron chi connectivity index (χ2n) is 3.43. The van der Waals surface area contributed by atoms with Gasteiger partial charge in [-0.3, -0.25) is 0 Å². The normalized spacial score (nSPS) is 12.7. The Bertz CT molecular complexity index is 251. The van der Waals surface area contributed by atoms with Crippen LogP contribution in [0.3, 0.4) is 0 Å². The van der Waals surface area contributed by atoms with E-state index in [2.05, 4.69) is 17.4 Å². The summed E-state index contributed by atoms with van der Waals surface area (Å²) in [5.74, 6) is 0. The molecule has 1 aromatic rings. The van der Waals surface area contributed by atoms with Crippen molar-refractivity contribution < 1.29 is 9.84 Å². The monoisotopic (exact) mass is 209 g/mol. The standard InChI is InChI=1S/C12H19NO2/c1-2-15-10-12(14)9-13-8-11-6-4-3-5-7-11/h3-7,12-14H,2,8-10H2,1H3/t12-/m0/s1. The predicted molar refractivity (Wildman–Crippen MR) is 60.6 cm³/mol. The van der Waals surface area contributed by atoms with E-state index < -0.39 is 6.10 Å². The van der Waals surface area contributed by atoms with Crippen molar-refractivity contribution in [1.29, 1.82) is 0 Å². The highest BCUT2D eigenvalue weighted by Gasteiger charge is 2.02. The maximum atomic E-state index is 9.47. The Morgan fingerprint density at radius 3 is 2.73 bits per heavy atom. The molecular formula is C12H19NO2. The van der Waals surface area contributed by atoms with Gasteiger partial charge in [0.1, 0.15) is 0 Å². The van der Waals surface area contributed by atoms with E-state index in [4.69, 9.17) is 4.74 Å². The highest BCUT2D eigenvalue weighted by Crippen LogP contribution is 1.97. The summed E-state index contributed by atoms with van der Waals surface area (Å²) in [6.45, 7) is 4.32. The topological polar surface area (TPSA) is 41.5 Å². The molecule has 0 aliphatic rings. The summed E-state index contributed by atoms with van der Waals surface area (Å²) in [4.78, 5) is 0. The number of hydrogen-bond acceptors (Lipinski definition) is 3. The molecule has 1 atom stereocenters. The Balaban J connectivity index is 2.11. The van der Waals surface area contributed by atoms with Gasteiger partial charge in [0, 0.05) is 19.7 Å². The highest BCUT2D eigenvalue weighted by molar-refractivity contribution is 5.14. The lowest BCUT2D eigenvalue weighted by atomic mass is 10.2. The molecule has 3 heteroatoms. The number of nitrogens with one attached hydrogen (secondary N) is 1. The number of rotatable bonds is 7. The molecule has 84 valence electrons. The second kappa shape index (κ2) is 7.40. The van der Waals surface area contributed by atoms with Crippen LogP contribution in [0.2, 0.25) is 0 Å². The van der Waals surface area contributed by atoms with Crippen LogP contribution in [0, 0.1) is 0 Å². The quantitative estimate of drug-likeness (QED) is 0.708. The van der Waals surface area contributed by atoms with Gasteiger partial charge in [0.15, 0.2) is 0 Å². The zero-order chi connectivity index (χ0) is 10.9. The zero-order valence-electron chi connectivity index (χ0n) is 9.15. The van der Waals surface area contributed by atoms with Crippen molar-refractivity contribution in [3.05, 3.63) is 35.9 Å². The summed E-state index contributed by atoms with van der Waals surface area (Å²) < 4.78 is 5.11. The van der Waals surface area contributed by atoms with Gasteiger partial charge in [0.25, 0.3) is 0 Å². The molecule has 0 saturated heterocycles. The molecule has 0 fully saturated rings. The number of ether oxygens (including phenoxy) is 1. The minimum absolute atomic E-state index is 0.401. The van der Waals surface area contributed by atoms with E-state index in [9.17, 15) is 5.11 Å². The van der Waals surface area contributed by atoms with Gasteiger partial charge in [-0.05, 0) is 12.5 Å². The largest absolute Gasteiger partial charge is 0.389 e. The molecule has 0 radical (unpaired) electrons. The third-order valence-electron chi connectivity index (χ3n) is 2.07. The summed E-state index contributed by atoms with van der Waals surface area (Å²) in [7, 11) is 0. The van der Waals surface area contributed by atoms with Gasteiger partial charge < -0.3 is 15.2 Å². The lowest BCUT2D eigenvalue weighted by Crippen LogP contribution is -2.30. The first-order valence-electron chi connectivity index (χ1n) is 5.33. The maximum absolute atomic E-state index is 9.47. The van der Waals surface area contributed by atoms with Crippen molar-refractivity contribution in [3.63, 3.8) is 0 Å². The van der Waals surface area contributed by atoms with Gasteiger partial charge in [-0.2, -0.15) is 0 Å². The minimum atomic E-state index is -0.423. The smallest absolute Gasteiger partial charge is 0.0897 e. The minimum Gasteiger partial charge on any atom is -0.389 e. The Kier molecular flexibility index (Phi) is 6.00. The van der Waals surface area contributed by atoms with Crippen LogP contribution in [0.15, 0.2) is 30.3 Å². The van der Waals surface area contributed by atoms with Crippen LogP contribution >= 0.6 is 0 Å². The molecular weight excluding hydrogens is 190 g/mol. The lowest BCUT2D eigenvalue weighted by Gasteiger charge is -2.11. The lowest BCUT2D eigenvalue weighted by molar-refractivity contribution is 0.0427. The van der Waals surface area contributed by atoms with Crippen LogP contribution in [0.1, 0.15) is 12.5 Å². The molecule has 0 aromatic heterocycles. The molecule has 0 bridgehead atoms. The van der Waals surface area contributed by atoms with Crippen molar-refractivity contribution in [2.75, 3.05) is 19.8 Å². The van der Waals surface area contributed by atoms with Crippen LogP contribution < -0.4 is 5.32 Å². The van der Waals surface area contributed by atoms with E-state index in [1.165, 1.54) is 5.56 Å². The number of aliphatic hydroxyl groups excluding tert-OH is 1. The molecule has 1 aromatic carbocycles. The van der Waals surface area contributed by atoms with E-state index in [1.807, 2.05) is 25.1 Å². The van der Waals surface area contributed by atoms with Crippen molar-refractivity contribution in [2.24, 2.45) is 0 Å². The van der Waals surface area contributed by atoms with E-state index in [1.54, 1.807) is 0 Å². The van der Waals surface area contributed by atoms with Crippen LogP contribution in [-0.2, 0) is 11.3 Å². The summed E-state index contributed by atoms with van der Waals surface area (Å²) >= 11 is 0. The average molecular weight is 209 g/mol. The van der Waals surface area contributed by atoms with Crippen LogP contribution in [0.25, 0.3) is 0 Å². The van der Waals surface area contributed by atoms with Gasteiger partial charge >= 0.3 is 0 Å². The van der Waals surface area contributed by atoms with Crippen molar-refractivity contribution in [1.82, 2.24) is 5.32 Å². The summed E-state index contributed by atoms with van der Waals surface area (Å²) in [5, 5.41) is 12.7. The SMILES string of the molecule is CCOC[C@@H](O)CNCc1ccccc1. The van der Waals surface area contributed by atoms with Crippen molar-refractivity contribution >= 4 is 0 Å². The predicted octanol–water partition coefficient (Wildman–Crippen LogP) is 1.17. The first-order chi connectivity index (χ1) is 7.33. The Morgan fingerprint density at radius 2 is 2.07 bits per heavy atom. The fourth-order valence-corrected chi connectivity index (χ4v) is 1.29. The Labute approximate surface area is 91.1 Å². The van der Waals surface area contributed by atoms with Crippen molar-refractivity contribution in [2.45, 2.75) is 19.6 Å². The number of hydrogen-bond donors (Lipinski definition) is 2. The van der Waals surface area contributed by atoms with Gasteiger partial charge in [-0.15, -0.1) is 0 Å². The fraction of sp³-hybridized carbons (Fsp3) is 0.500. The van der Waals surface area contributed by atoms with Crippen LogP contribution in [0.5, 0.6) is 0 Å². The van der Waals surface area contributed by atoms with Gasteiger partial charge in [0.05, 0.1) is 12.7 Å². The molecule has 3 nitrogen and oxygen atoms in total. The molecule has 0 aliphatic carbocycles. The second-order valence-corrected chi connectivity index (χ2v) is 3.43. The van der Waals surface area contributed by atoms with E-state index >= 15 is 0 Å². The molecule has 0 unspecified atom stereocenters. The third-order valence-corrected chi connectivity index (χ3v) is 2.07. The fourth-order valence-electron chi connectivity index (χ4n) is 1.29. The molecule has 0 heterocycles. The zero-order valence-corrected chi connectivity index (χ0v) is 9.15. The van der Waals surface area contributed by atoms with Gasteiger partial charge in [-0.1, -0.05) is 30.3 Å². The molecule has 0 spiro atoms. The molecule has 1 rings (SSSR count). The van der Waals surface area contributed by atoms with Crippen molar-refractivity contribution in [3.8, 4) is 0 Å². The summed E-state index contributed by atoms with van der Waals surface area (Å²) in [6, 6.07) is 10.1. The maximum Gasteiger partial charge on any atom is 0.0897 e. The van der Waals surface area contributed by atoms with E-state index in [0.29, 0.717) is 19.8 Å².